The van der Waals surface area contributed by atoms with Gasteiger partial charge < -0.3 is 4.74 Å². The van der Waals surface area contributed by atoms with E-state index in [1.165, 1.54) is 11.1 Å². The number of ether oxygens (including phenoxy) is 1. The van der Waals surface area contributed by atoms with Gasteiger partial charge in [0.25, 0.3) is 0 Å². The van der Waals surface area contributed by atoms with Crippen LogP contribution in [0.1, 0.15) is 11.1 Å². The molecule has 0 fully saturated rings. The summed E-state index contributed by atoms with van der Waals surface area (Å²) < 4.78 is 5.32. The van der Waals surface area contributed by atoms with Crippen molar-refractivity contribution in [2.45, 2.75) is 13.8 Å². The Labute approximate surface area is 143 Å². The predicted octanol–water partition coefficient (Wildman–Crippen LogP) is 4.99. The molecule has 0 aliphatic carbocycles. The molecular weight excluding hydrogens is 296 g/mol. The van der Waals surface area contributed by atoms with Crippen molar-refractivity contribution in [3.8, 4) is 16.9 Å². The molecule has 0 unspecified atom stereocenters. The van der Waals surface area contributed by atoms with Crippen molar-refractivity contribution in [3.63, 3.8) is 0 Å². The fourth-order valence-electron chi connectivity index (χ4n) is 2.99. The van der Waals surface area contributed by atoms with Gasteiger partial charge in [0.1, 0.15) is 5.75 Å². The Bertz CT molecular complexity index is 803. The Morgan fingerprint density at radius 1 is 0.792 bits per heavy atom. The molecule has 2 N–H and O–H groups in total. The minimum atomic E-state index is 0.849. The maximum absolute atomic E-state index is 6.39. The zero-order valence-corrected chi connectivity index (χ0v) is 14.3. The van der Waals surface area contributed by atoms with Gasteiger partial charge in [-0.3, -0.25) is 5.01 Å². The zero-order valence-electron chi connectivity index (χ0n) is 14.3. The number of hydrogen-bond donors (Lipinski definition) is 1. The van der Waals surface area contributed by atoms with Crippen LogP contribution in [0.2, 0.25) is 0 Å². The van der Waals surface area contributed by atoms with Crippen molar-refractivity contribution in [2.75, 3.05) is 12.1 Å². The van der Waals surface area contributed by atoms with Gasteiger partial charge in [-0.1, -0.05) is 42.5 Å². The first-order valence-corrected chi connectivity index (χ1v) is 7.95. The molecule has 24 heavy (non-hydrogen) atoms. The minimum absolute atomic E-state index is 0.849. The highest BCUT2D eigenvalue weighted by Gasteiger charge is 2.12. The molecule has 3 heteroatoms. The van der Waals surface area contributed by atoms with Crippen LogP contribution in [0, 0.1) is 13.8 Å². The number of aryl methyl sites for hydroxylation is 2. The number of nitrogens with zero attached hydrogens (tertiary/aromatic N) is 1. The van der Waals surface area contributed by atoms with Crippen LogP contribution in [-0.2, 0) is 0 Å². The van der Waals surface area contributed by atoms with Crippen LogP contribution in [0.4, 0.5) is 11.4 Å². The van der Waals surface area contributed by atoms with Crippen molar-refractivity contribution < 1.29 is 4.74 Å². The molecule has 0 aromatic heterocycles. The molecule has 0 spiro atoms. The third-order valence-electron chi connectivity index (χ3n) is 4.19. The van der Waals surface area contributed by atoms with Crippen LogP contribution in [0.15, 0.2) is 66.7 Å². The number of rotatable bonds is 4. The lowest BCUT2D eigenvalue weighted by Gasteiger charge is -2.24. The molecule has 3 aromatic rings. The number of hydrogen-bond acceptors (Lipinski definition) is 3. The summed E-state index contributed by atoms with van der Waals surface area (Å²) >= 11 is 0. The van der Waals surface area contributed by atoms with E-state index in [1.54, 1.807) is 12.1 Å². The Balaban J connectivity index is 1.92. The molecule has 0 bridgehead atoms. The van der Waals surface area contributed by atoms with Gasteiger partial charge in [0.05, 0.1) is 18.5 Å². The summed E-state index contributed by atoms with van der Waals surface area (Å²) in [5, 5.41) is 1.74. The molecular formula is C21H22N2O. The summed E-state index contributed by atoms with van der Waals surface area (Å²) in [6, 6.07) is 22.6. The summed E-state index contributed by atoms with van der Waals surface area (Å²) in [5.74, 6) is 7.24. The fourth-order valence-corrected chi connectivity index (χ4v) is 2.99. The van der Waals surface area contributed by atoms with Crippen molar-refractivity contribution in [1.29, 1.82) is 0 Å². The van der Waals surface area contributed by atoms with E-state index in [0.29, 0.717) is 0 Å². The molecule has 0 radical (unpaired) electrons. The average Bonchev–Trinajstić information content (AvgIpc) is 2.61. The van der Waals surface area contributed by atoms with Gasteiger partial charge in [0, 0.05) is 0 Å². The highest BCUT2D eigenvalue weighted by atomic mass is 16.5. The highest BCUT2D eigenvalue weighted by molar-refractivity contribution is 5.72. The largest absolute Gasteiger partial charge is 0.497 e. The summed E-state index contributed by atoms with van der Waals surface area (Å²) in [6.45, 7) is 4.09. The third-order valence-corrected chi connectivity index (χ3v) is 4.19. The van der Waals surface area contributed by atoms with E-state index in [9.17, 15) is 0 Å². The lowest BCUT2D eigenvalue weighted by molar-refractivity contribution is 0.414. The van der Waals surface area contributed by atoms with Gasteiger partial charge in [-0.25, -0.2) is 5.84 Å². The second-order valence-electron chi connectivity index (χ2n) is 5.89. The molecule has 0 aliphatic rings. The normalized spacial score (nSPS) is 10.5. The van der Waals surface area contributed by atoms with Crippen LogP contribution < -0.4 is 15.6 Å². The molecule has 3 rings (SSSR count). The molecule has 0 saturated carbocycles. The first-order chi connectivity index (χ1) is 11.6. The number of hydrazine groups is 1. The Morgan fingerprint density at radius 2 is 1.33 bits per heavy atom. The average molecular weight is 318 g/mol. The standard InChI is InChI=1S/C21H22N2O/c1-15-13-20(24-3)14-16(2)21(15)23(22)19-11-9-18(10-12-19)17-7-5-4-6-8-17/h4-14H,22H2,1-3H3. The third kappa shape index (κ3) is 3.12. The SMILES string of the molecule is COc1cc(C)c(N(N)c2ccc(-c3ccccc3)cc2)c(C)c1. The molecule has 3 nitrogen and oxygen atoms in total. The Morgan fingerprint density at radius 3 is 1.88 bits per heavy atom. The molecule has 0 amide bonds. The first kappa shape index (κ1) is 16.1. The van der Waals surface area contributed by atoms with Crippen molar-refractivity contribution >= 4 is 11.4 Å². The summed E-state index contributed by atoms with van der Waals surface area (Å²) in [7, 11) is 1.68. The second kappa shape index (κ2) is 6.77. The number of anilines is 2. The first-order valence-electron chi connectivity index (χ1n) is 7.95. The van der Waals surface area contributed by atoms with Crippen molar-refractivity contribution in [3.05, 3.63) is 77.9 Å². The van der Waals surface area contributed by atoms with Crippen LogP contribution in [-0.4, -0.2) is 7.11 Å². The van der Waals surface area contributed by atoms with E-state index in [4.69, 9.17) is 10.6 Å². The number of benzene rings is 3. The van der Waals surface area contributed by atoms with Gasteiger partial charge in [0.2, 0.25) is 0 Å². The van der Waals surface area contributed by atoms with Crippen molar-refractivity contribution in [1.82, 2.24) is 0 Å². The van der Waals surface area contributed by atoms with E-state index >= 15 is 0 Å². The molecule has 0 heterocycles. The van der Waals surface area contributed by atoms with Gasteiger partial charge >= 0.3 is 0 Å². The van der Waals surface area contributed by atoms with E-state index in [2.05, 4.69) is 24.3 Å². The molecule has 0 atom stereocenters. The summed E-state index contributed by atoms with van der Waals surface area (Å²) in [4.78, 5) is 0. The van der Waals surface area contributed by atoms with Gasteiger partial charge in [-0.05, 0) is 60.4 Å². The van der Waals surface area contributed by atoms with E-state index in [1.807, 2.05) is 56.3 Å². The van der Waals surface area contributed by atoms with Gasteiger partial charge in [-0.2, -0.15) is 0 Å². The van der Waals surface area contributed by atoms with Crippen LogP contribution in [0.3, 0.4) is 0 Å². The molecule has 122 valence electrons. The highest BCUT2D eigenvalue weighted by Crippen LogP contribution is 2.33. The molecule has 0 saturated heterocycles. The second-order valence-corrected chi connectivity index (χ2v) is 5.89. The van der Waals surface area contributed by atoms with Gasteiger partial charge in [0.15, 0.2) is 0 Å². The van der Waals surface area contributed by atoms with E-state index in [-0.39, 0.29) is 0 Å². The van der Waals surface area contributed by atoms with Gasteiger partial charge in [-0.15, -0.1) is 0 Å². The maximum Gasteiger partial charge on any atom is 0.119 e. The quantitative estimate of drug-likeness (QED) is 0.544. The van der Waals surface area contributed by atoms with Crippen LogP contribution in [0.5, 0.6) is 5.75 Å². The van der Waals surface area contributed by atoms with Crippen LogP contribution in [0.25, 0.3) is 11.1 Å². The monoisotopic (exact) mass is 318 g/mol. The number of methoxy groups -OCH3 is 1. The Hall–Kier alpha value is -2.78. The summed E-state index contributed by atoms with van der Waals surface area (Å²) in [5.41, 5.74) is 6.50. The summed E-state index contributed by atoms with van der Waals surface area (Å²) in [6.07, 6.45) is 0. The maximum atomic E-state index is 6.39. The number of nitrogens with two attached hydrogens (primary N) is 1. The fraction of sp³-hybridized carbons (Fsp3) is 0.143. The lowest BCUT2D eigenvalue weighted by Crippen LogP contribution is -2.26. The minimum Gasteiger partial charge on any atom is -0.497 e. The molecule has 3 aromatic carbocycles. The predicted molar refractivity (Wildman–Crippen MR) is 101 cm³/mol. The Kier molecular flexibility index (Phi) is 4.54. The zero-order chi connectivity index (χ0) is 17.1. The van der Waals surface area contributed by atoms with Crippen LogP contribution >= 0.6 is 0 Å². The van der Waals surface area contributed by atoms with E-state index in [0.717, 1.165) is 28.3 Å². The van der Waals surface area contributed by atoms with Crippen molar-refractivity contribution in [2.24, 2.45) is 5.84 Å². The lowest BCUT2D eigenvalue weighted by atomic mass is 10.0. The smallest absolute Gasteiger partial charge is 0.119 e. The topological polar surface area (TPSA) is 38.5 Å². The molecule has 0 aliphatic heterocycles. The van der Waals surface area contributed by atoms with E-state index < -0.39 is 0 Å².